The quantitative estimate of drug-likeness (QED) is 0.509. The number of nitrogens with zero attached hydrogens (tertiary/aromatic N) is 1. The van der Waals surface area contributed by atoms with Gasteiger partial charge in [0.2, 0.25) is 0 Å². The summed E-state index contributed by atoms with van der Waals surface area (Å²) < 4.78 is 4.88. The molecule has 1 atom stereocenters. The Hall–Kier alpha value is -2.15. The molecular formula is C12H13ClN2O5. The number of ether oxygens (including phenoxy) is 1. The average Bonchev–Trinajstić information content (AvgIpc) is 2.38. The van der Waals surface area contributed by atoms with Crippen LogP contribution in [0.2, 0.25) is 5.02 Å². The van der Waals surface area contributed by atoms with E-state index in [0.29, 0.717) is 6.54 Å². The molecule has 0 saturated carbocycles. The highest BCUT2D eigenvalue weighted by Gasteiger charge is 2.25. The first-order chi connectivity index (χ1) is 9.36. The molecule has 8 heteroatoms. The summed E-state index contributed by atoms with van der Waals surface area (Å²) in [5, 5.41) is 13.5. The summed E-state index contributed by atoms with van der Waals surface area (Å²) in [4.78, 5) is 33.4. The van der Waals surface area contributed by atoms with Crippen molar-refractivity contribution in [3.05, 3.63) is 38.9 Å². The van der Waals surface area contributed by atoms with Crippen LogP contribution in [0.25, 0.3) is 0 Å². The van der Waals surface area contributed by atoms with Gasteiger partial charge < -0.3 is 10.1 Å². The number of hydrogen-bond donors (Lipinski definition) is 1. The summed E-state index contributed by atoms with van der Waals surface area (Å²) in [6.07, 6.45) is -1.04. The monoisotopic (exact) mass is 300 g/mol. The molecule has 7 nitrogen and oxygen atoms in total. The third kappa shape index (κ3) is 3.92. The molecule has 1 amide bonds. The molecule has 0 spiro atoms. The molecule has 1 N–H and O–H groups in total. The van der Waals surface area contributed by atoms with Crippen molar-refractivity contribution < 1.29 is 19.2 Å². The highest BCUT2D eigenvalue weighted by atomic mass is 35.5. The van der Waals surface area contributed by atoms with Crippen LogP contribution in [0.4, 0.5) is 5.69 Å². The van der Waals surface area contributed by atoms with Gasteiger partial charge in [0.1, 0.15) is 5.56 Å². The van der Waals surface area contributed by atoms with Gasteiger partial charge >= 0.3 is 5.97 Å². The number of likely N-dealkylation sites (N-methyl/N-ethyl adjacent to an activating group) is 1. The summed E-state index contributed by atoms with van der Waals surface area (Å²) >= 11 is 5.64. The molecule has 0 saturated heterocycles. The Morgan fingerprint density at radius 1 is 1.50 bits per heavy atom. The fourth-order valence-corrected chi connectivity index (χ4v) is 1.59. The van der Waals surface area contributed by atoms with E-state index in [4.69, 9.17) is 16.3 Å². The van der Waals surface area contributed by atoms with Crippen molar-refractivity contribution in [3.63, 3.8) is 0 Å². The van der Waals surface area contributed by atoms with Gasteiger partial charge in [-0.2, -0.15) is 0 Å². The minimum absolute atomic E-state index is 0.130. The van der Waals surface area contributed by atoms with Crippen LogP contribution in [0, 0.1) is 10.1 Å². The van der Waals surface area contributed by atoms with Gasteiger partial charge in [-0.25, -0.2) is 4.79 Å². The van der Waals surface area contributed by atoms with Crippen LogP contribution < -0.4 is 5.32 Å². The summed E-state index contributed by atoms with van der Waals surface area (Å²) in [5.41, 5.74) is -0.721. The first-order valence-corrected chi connectivity index (χ1v) is 6.17. The molecule has 0 heterocycles. The van der Waals surface area contributed by atoms with Crippen molar-refractivity contribution in [2.75, 3.05) is 6.54 Å². The van der Waals surface area contributed by atoms with Gasteiger partial charge in [0.15, 0.2) is 6.10 Å². The molecule has 1 aromatic carbocycles. The Balaban J connectivity index is 2.93. The van der Waals surface area contributed by atoms with Gasteiger partial charge in [-0.15, -0.1) is 0 Å². The first kappa shape index (κ1) is 15.9. The van der Waals surface area contributed by atoms with E-state index in [9.17, 15) is 19.7 Å². The average molecular weight is 301 g/mol. The van der Waals surface area contributed by atoms with E-state index in [0.717, 1.165) is 6.07 Å². The summed E-state index contributed by atoms with van der Waals surface area (Å²) in [6.45, 7) is 3.49. The second-order valence-electron chi connectivity index (χ2n) is 3.86. The van der Waals surface area contributed by atoms with Crippen LogP contribution in [-0.4, -0.2) is 29.4 Å². The summed E-state index contributed by atoms with van der Waals surface area (Å²) in [7, 11) is 0. The predicted octanol–water partition coefficient (Wildman–Crippen LogP) is 1.93. The van der Waals surface area contributed by atoms with Gasteiger partial charge in [-0.05, 0) is 26.0 Å². The van der Waals surface area contributed by atoms with E-state index in [1.54, 1.807) is 6.92 Å². The molecule has 0 radical (unpaired) electrons. The Bertz CT molecular complexity index is 547. The highest BCUT2D eigenvalue weighted by Crippen LogP contribution is 2.24. The number of nitro groups is 1. The Kier molecular flexibility index (Phi) is 5.45. The number of carbonyl (C=O) groups is 2. The van der Waals surface area contributed by atoms with Crippen molar-refractivity contribution in [1.82, 2.24) is 5.32 Å². The molecule has 1 unspecified atom stereocenters. The third-order valence-corrected chi connectivity index (χ3v) is 2.62. The number of carbonyl (C=O) groups excluding carboxylic acids is 2. The van der Waals surface area contributed by atoms with E-state index in [-0.39, 0.29) is 10.6 Å². The maximum Gasteiger partial charge on any atom is 0.345 e. The van der Waals surface area contributed by atoms with Crippen molar-refractivity contribution >= 4 is 29.2 Å². The predicted molar refractivity (Wildman–Crippen MR) is 71.7 cm³/mol. The SMILES string of the molecule is CCNC(=O)C(C)OC(=O)c1ccc(Cl)cc1[N+](=O)[O-]. The molecule has 0 aliphatic heterocycles. The molecule has 1 aromatic rings. The van der Waals surface area contributed by atoms with Crippen LogP contribution in [0.3, 0.4) is 0 Å². The van der Waals surface area contributed by atoms with Crippen LogP contribution >= 0.6 is 11.6 Å². The summed E-state index contributed by atoms with van der Waals surface area (Å²) in [6, 6.07) is 3.57. The van der Waals surface area contributed by atoms with Crippen molar-refractivity contribution in [3.8, 4) is 0 Å². The Labute approximate surface area is 120 Å². The van der Waals surface area contributed by atoms with Gasteiger partial charge in [-0.1, -0.05) is 11.6 Å². The number of rotatable bonds is 5. The minimum atomic E-state index is -1.04. The van der Waals surface area contributed by atoms with Gasteiger partial charge in [0.05, 0.1) is 4.92 Å². The van der Waals surface area contributed by atoms with Crippen molar-refractivity contribution in [2.45, 2.75) is 20.0 Å². The normalized spacial score (nSPS) is 11.6. The number of amides is 1. The zero-order valence-corrected chi connectivity index (χ0v) is 11.6. The topological polar surface area (TPSA) is 98.5 Å². The molecule has 0 aromatic heterocycles. The zero-order valence-electron chi connectivity index (χ0n) is 10.9. The lowest BCUT2D eigenvalue weighted by Crippen LogP contribution is -2.35. The number of nitrogens with one attached hydrogen (secondary N) is 1. The number of halogens is 1. The van der Waals surface area contributed by atoms with Crippen LogP contribution in [-0.2, 0) is 9.53 Å². The number of benzene rings is 1. The largest absolute Gasteiger partial charge is 0.449 e. The van der Waals surface area contributed by atoms with Crippen molar-refractivity contribution in [2.24, 2.45) is 0 Å². The molecule has 0 aliphatic carbocycles. The smallest absolute Gasteiger partial charge is 0.345 e. The van der Waals surface area contributed by atoms with E-state index in [1.165, 1.54) is 19.1 Å². The maximum atomic E-state index is 11.9. The number of esters is 1. The molecule has 0 aliphatic rings. The van der Waals surface area contributed by atoms with Gasteiger partial charge in [0, 0.05) is 17.6 Å². The van der Waals surface area contributed by atoms with E-state index >= 15 is 0 Å². The molecule has 1 rings (SSSR count). The lowest BCUT2D eigenvalue weighted by atomic mass is 10.2. The summed E-state index contributed by atoms with van der Waals surface area (Å²) in [5.74, 6) is -1.43. The van der Waals surface area contributed by atoms with E-state index in [2.05, 4.69) is 5.32 Å². The fraction of sp³-hybridized carbons (Fsp3) is 0.333. The molecule has 108 valence electrons. The van der Waals surface area contributed by atoms with Crippen LogP contribution in [0.1, 0.15) is 24.2 Å². The molecule has 0 fully saturated rings. The molecule has 0 bridgehead atoms. The van der Waals surface area contributed by atoms with Crippen molar-refractivity contribution in [1.29, 1.82) is 0 Å². The van der Waals surface area contributed by atoms with Crippen LogP contribution in [0.15, 0.2) is 18.2 Å². The standard InChI is InChI=1S/C12H13ClN2O5/c1-3-14-11(16)7(2)20-12(17)9-5-4-8(13)6-10(9)15(18)19/h4-7H,3H2,1-2H3,(H,14,16). The second-order valence-corrected chi connectivity index (χ2v) is 4.30. The lowest BCUT2D eigenvalue weighted by Gasteiger charge is -2.12. The van der Waals surface area contributed by atoms with Gasteiger partial charge in [-0.3, -0.25) is 14.9 Å². The Morgan fingerprint density at radius 3 is 2.70 bits per heavy atom. The molecule has 20 heavy (non-hydrogen) atoms. The molecular weight excluding hydrogens is 288 g/mol. The van der Waals surface area contributed by atoms with Crippen LogP contribution in [0.5, 0.6) is 0 Å². The van der Waals surface area contributed by atoms with E-state index in [1.807, 2.05) is 0 Å². The second kappa shape index (κ2) is 6.85. The minimum Gasteiger partial charge on any atom is -0.449 e. The number of nitro benzene ring substituents is 1. The highest BCUT2D eigenvalue weighted by molar-refractivity contribution is 6.31. The van der Waals surface area contributed by atoms with Gasteiger partial charge in [0.25, 0.3) is 11.6 Å². The number of hydrogen-bond acceptors (Lipinski definition) is 5. The zero-order chi connectivity index (χ0) is 15.3. The van der Waals surface area contributed by atoms with E-state index < -0.39 is 28.6 Å². The third-order valence-electron chi connectivity index (χ3n) is 2.38. The lowest BCUT2D eigenvalue weighted by molar-refractivity contribution is -0.385. The first-order valence-electron chi connectivity index (χ1n) is 5.79. The maximum absolute atomic E-state index is 11.9. The Morgan fingerprint density at radius 2 is 2.15 bits per heavy atom. The fourth-order valence-electron chi connectivity index (χ4n) is 1.42.